The summed E-state index contributed by atoms with van der Waals surface area (Å²) in [6, 6.07) is 0. The normalized spacial score (nSPS) is 19.9. The number of ether oxygens (including phenoxy) is 1. The third kappa shape index (κ3) is 3.13. The van der Waals surface area contributed by atoms with Crippen molar-refractivity contribution in [1.29, 1.82) is 0 Å². The topological polar surface area (TPSA) is 9.23 Å². The minimum atomic E-state index is 0.392. The van der Waals surface area contributed by atoms with Crippen molar-refractivity contribution in [2.45, 2.75) is 46.0 Å². The van der Waals surface area contributed by atoms with E-state index in [-0.39, 0.29) is 0 Å². The van der Waals surface area contributed by atoms with Crippen LogP contribution in [0.4, 0.5) is 0 Å². The number of alkyl halides is 1. The smallest absolute Gasteiger partial charge is 0.0468 e. The van der Waals surface area contributed by atoms with E-state index >= 15 is 0 Å². The zero-order valence-corrected chi connectivity index (χ0v) is 10.3. The lowest BCUT2D eigenvalue weighted by atomic mass is 9.74. The maximum Gasteiger partial charge on any atom is 0.0468 e. The van der Waals surface area contributed by atoms with Crippen molar-refractivity contribution in [2.75, 3.05) is 19.1 Å². The van der Waals surface area contributed by atoms with Crippen LogP contribution >= 0.6 is 11.6 Å². The number of hydrogen-bond donors (Lipinski definition) is 0. The summed E-state index contributed by atoms with van der Waals surface area (Å²) in [6.07, 6.45) is 6.19. The van der Waals surface area contributed by atoms with Gasteiger partial charge in [-0.1, -0.05) is 13.8 Å². The lowest BCUT2D eigenvalue weighted by Gasteiger charge is -2.35. The third-order valence-corrected chi connectivity index (χ3v) is 4.41. The van der Waals surface area contributed by atoms with Crippen molar-refractivity contribution in [3.8, 4) is 0 Å². The Hall–Kier alpha value is 0.250. The highest BCUT2D eigenvalue weighted by Gasteiger charge is 2.29. The van der Waals surface area contributed by atoms with Gasteiger partial charge in [0, 0.05) is 19.1 Å². The molecule has 1 fully saturated rings. The average molecular weight is 219 g/mol. The maximum absolute atomic E-state index is 6.11. The monoisotopic (exact) mass is 218 g/mol. The summed E-state index contributed by atoms with van der Waals surface area (Å²) in [4.78, 5) is 0. The van der Waals surface area contributed by atoms with Gasteiger partial charge in [0.05, 0.1) is 0 Å². The molecule has 0 radical (unpaired) electrons. The second-order valence-electron chi connectivity index (χ2n) is 4.60. The third-order valence-electron chi connectivity index (χ3n) is 3.85. The van der Waals surface area contributed by atoms with Gasteiger partial charge in [-0.3, -0.25) is 0 Å². The summed E-state index contributed by atoms with van der Waals surface area (Å²) < 4.78 is 5.38. The van der Waals surface area contributed by atoms with Crippen LogP contribution in [0.2, 0.25) is 0 Å². The van der Waals surface area contributed by atoms with Crippen LogP contribution in [-0.4, -0.2) is 19.1 Å². The van der Waals surface area contributed by atoms with Gasteiger partial charge in [0.1, 0.15) is 0 Å². The fourth-order valence-corrected chi connectivity index (χ4v) is 2.83. The summed E-state index contributed by atoms with van der Waals surface area (Å²) in [5.41, 5.74) is 0.392. The van der Waals surface area contributed by atoms with Crippen LogP contribution in [0.5, 0.6) is 0 Å². The first-order valence-corrected chi connectivity index (χ1v) is 6.43. The molecule has 0 unspecified atom stereocenters. The molecular weight excluding hydrogens is 196 g/mol. The summed E-state index contributed by atoms with van der Waals surface area (Å²) in [6.45, 7) is 6.45. The predicted octanol–water partition coefficient (Wildman–Crippen LogP) is 3.85. The Labute approximate surface area is 93.2 Å². The standard InChI is InChI=1S/C12H23ClO/c1-3-12(4-2,10-13)9-11-5-7-14-8-6-11/h11H,3-10H2,1-2H3. The van der Waals surface area contributed by atoms with E-state index in [9.17, 15) is 0 Å². The molecule has 1 nitrogen and oxygen atoms in total. The Morgan fingerprint density at radius 3 is 2.21 bits per heavy atom. The van der Waals surface area contributed by atoms with E-state index in [0.29, 0.717) is 5.41 Å². The molecule has 0 aromatic rings. The minimum absolute atomic E-state index is 0.392. The molecule has 0 saturated carbocycles. The van der Waals surface area contributed by atoms with Crippen LogP contribution in [0.1, 0.15) is 46.0 Å². The van der Waals surface area contributed by atoms with E-state index in [0.717, 1.165) is 25.0 Å². The van der Waals surface area contributed by atoms with Gasteiger partial charge in [-0.2, -0.15) is 0 Å². The Bertz CT molecular complexity index is 140. The Kier molecular flexibility index (Phi) is 5.25. The van der Waals surface area contributed by atoms with Gasteiger partial charge in [-0.05, 0) is 43.4 Å². The van der Waals surface area contributed by atoms with E-state index in [4.69, 9.17) is 16.3 Å². The SMILES string of the molecule is CCC(CC)(CCl)CC1CCOCC1. The quantitative estimate of drug-likeness (QED) is 0.637. The van der Waals surface area contributed by atoms with Crippen LogP contribution < -0.4 is 0 Å². The molecule has 0 aromatic heterocycles. The van der Waals surface area contributed by atoms with Crippen LogP contribution in [0, 0.1) is 11.3 Å². The van der Waals surface area contributed by atoms with Crippen molar-refractivity contribution >= 4 is 11.6 Å². The number of halogens is 1. The molecule has 0 spiro atoms. The largest absolute Gasteiger partial charge is 0.381 e. The second-order valence-corrected chi connectivity index (χ2v) is 4.87. The van der Waals surface area contributed by atoms with E-state index in [1.165, 1.54) is 32.1 Å². The van der Waals surface area contributed by atoms with E-state index in [1.807, 2.05) is 0 Å². The van der Waals surface area contributed by atoms with Crippen LogP contribution in [0.15, 0.2) is 0 Å². The van der Waals surface area contributed by atoms with Gasteiger partial charge in [0.15, 0.2) is 0 Å². The molecule has 2 heteroatoms. The highest BCUT2D eigenvalue weighted by molar-refractivity contribution is 6.18. The first kappa shape index (κ1) is 12.3. The molecular formula is C12H23ClO. The number of hydrogen-bond acceptors (Lipinski definition) is 1. The van der Waals surface area contributed by atoms with Crippen molar-refractivity contribution in [3.63, 3.8) is 0 Å². The molecule has 0 bridgehead atoms. The highest BCUT2D eigenvalue weighted by atomic mass is 35.5. The van der Waals surface area contributed by atoms with Crippen LogP contribution in [-0.2, 0) is 4.74 Å². The Balaban J connectivity index is 2.44. The molecule has 1 aliphatic heterocycles. The molecule has 14 heavy (non-hydrogen) atoms. The van der Waals surface area contributed by atoms with Gasteiger partial charge < -0.3 is 4.74 Å². The molecule has 1 rings (SSSR count). The molecule has 1 saturated heterocycles. The first-order chi connectivity index (χ1) is 6.76. The summed E-state index contributed by atoms with van der Waals surface area (Å²) in [5, 5.41) is 0. The lowest BCUT2D eigenvalue weighted by molar-refractivity contribution is 0.0481. The Morgan fingerprint density at radius 2 is 1.79 bits per heavy atom. The molecule has 0 aliphatic carbocycles. The molecule has 1 heterocycles. The first-order valence-electron chi connectivity index (χ1n) is 5.90. The molecule has 0 N–H and O–H groups in total. The van der Waals surface area contributed by atoms with Crippen molar-refractivity contribution < 1.29 is 4.74 Å². The zero-order chi connectivity index (χ0) is 10.4. The minimum Gasteiger partial charge on any atom is -0.381 e. The fourth-order valence-electron chi connectivity index (χ4n) is 2.35. The Morgan fingerprint density at radius 1 is 1.21 bits per heavy atom. The van der Waals surface area contributed by atoms with Crippen molar-refractivity contribution in [1.82, 2.24) is 0 Å². The lowest BCUT2D eigenvalue weighted by Crippen LogP contribution is -2.28. The van der Waals surface area contributed by atoms with E-state index in [2.05, 4.69) is 13.8 Å². The van der Waals surface area contributed by atoms with Gasteiger partial charge in [-0.25, -0.2) is 0 Å². The second kappa shape index (κ2) is 5.97. The fraction of sp³-hybridized carbons (Fsp3) is 1.00. The van der Waals surface area contributed by atoms with Crippen LogP contribution in [0.3, 0.4) is 0 Å². The van der Waals surface area contributed by atoms with E-state index < -0.39 is 0 Å². The maximum atomic E-state index is 6.11. The molecule has 1 aliphatic rings. The van der Waals surface area contributed by atoms with E-state index in [1.54, 1.807) is 0 Å². The summed E-state index contributed by atoms with van der Waals surface area (Å²) in [5.74, 6) is 1.67. The van der Waals surface area contributed by atoms with Gasteiger partial charge >= 0.3 is 0 Å². The summed E-state index contributed by atoms with van der Waals surface area (Å²) in [7, 11) is 0. The number of rotatable bonds is 5. The van der Waals surface area contributed by atoms with Crippen LogP contribution in [0.25, 0.3) is 0 Å². The van der Waals surface area contributed by atoms with Gasteiger partial charge in [0.25, 0.3) is 0 Å². The average Bonchev–Trinajstić information content (AvgIpc) is 2.28. The summed E-state index contributed by atoms with van der Waals surface area (Å²) >= 11 is 6.11. The highest BCUT2D eigenvalue weighted by Crippen LogP contribution is 2.38. The van der Waals surface area contributed by atoms with Gasteiger partial charge in [-0.15, -0.1) is 11.6 Å². The molecule has 0 atom stereocenters. The zero-order valence-electron chi connectivity index (χ0n) is 9.52. The van der Waals surface area contributed by atoms with Crippen molar-refractivity contribution in [2.24, 2.45) is 11.3 Å². The molecule has 84 valence electrons. The van der Waals surface area contributed by atoms with Crippen molar-refractivity contribution in [3.05, 3.63) is 0 Å². The predicted molar refractivity (Wildman–Crippen MR) is 61.9 cm³/mol. The molecule has 0 amide bonds. The van der Waals surface area contributed by atoms with Gasteiger partial charge in [0.2, 0.25) is 0 Å². The molecule has 0 aromatic carbocycles.